The zero-order chi connectivity index (χ0) is 21.1. The van der Waals surface area contributed by atoms with Crippen molar-refractivity contribution in [3.05, 3.63) is 46.5 Å². The van der Waals surface area contributed by atoms with Crippen molar-refractivity contribution in [1.29, 1.82) is 0 Å². The fraction of sp³-hybridized carbons (Fsp3) is 0.455. The summed E-state index contributed by atoms with van der Waals surface area (Å²) in [7, 11) is 0. The molecule has 8 heteroatoms. The molecule has 0 saturated carbocycles. The first-order valence-electron chi connectivity index (χ1n) is 10.4. The molecule has 1 aliphatic rings. The highest BCUT2D eigenvalue weighted by molar-refractivity contribution is 7.19. The SMILES string of the molecule is Cc1cc2nc(N[C@@H](C)c3cncc(F)c3)nc(C(=O)CCC3CCNCC3)c2s1. The third-order valence-electron chi connectivity index (χ3n) is 5.57. The molecule has 0 radical (unpaired) electrons. The molecule has 0 bridgehead atoms. The number of thiophene rings is 1. The lowest BCUT2D eigenvalue weighted by molar-refractivity contribution is 0.0968. The third-order valence-corrected chi connectivity index (χ3v) is 6.62. The van der Waals surface area contributed by atoms with Crippen molar-refractivity contribution < 1.29 is 9.18 Å². The van der Waals surface area contributed by atoms with Gasteiger partial charge in [0.25, 0.3) is 0 Å². The number of aryl methyl sites for hydroxylation is 1. The number of fused-ring (bicyclic) bond motifs is 1. The number of Topliss-reactive ketones (excluding diaryl/α,β-unsaturated/α-hetero) is 1. The summed E-state index contributed by atoms with van der Waals surface area (Å²) in [5.74, 6) is 0.642. The number of anilines is 1. The standard InChI is InChI=1S/C22H26FN5OS/c1-13-9-18-21(30-13)20(19(29)4-3-15-5-7-24-8-6-15)28-22(27-18)26-14(2)16-10-17(23)12-25-11-16/h9-12,14-15,24H,3-8H2,1-2H3,(H,26,27,28)/t14-/m0/s1. The number of pyridine rings is 1. The largest absolute Gasteiger partial charge is 0.348 e. The lowest BCUT2D eigenvalue weighted by Gasteiger charge is -2.22. The third kappa shape index (κ3) is 4.82. The van der Waals surface area contributed by atoms with Crippen molar-refractivity contribution in [2.24, 2.45) is 5.92 Å². The zero-order valence-corrected chi connectivity index (χ0v) is 18.1. The molecule has 0 amide bonds. The first kappa shape index (κ1) is 20.8. The maximum atomic E-state index is 13.5. The number of carbonyl (C=O) groups is 1. The quantitative estimate of drug-likeness (QED) is 0.534. The maximum Gasteiger partial charge on any atom is 0.224 e. The Bertz CT molecular complexity index is 1050. The molecule has 0 unspecified atom stereocenters. The summed E-state index contributed by atoms with van der Waals surface area (Å²) in [6.07, 6.45) is 6.42. The second-order valence-corrected chi connectivity index (χ2v) is 9.18. The van der Waals surface area contributed by atoms with Gasteiger partial charge in [-0.25, -0.2) is 14.4 Å². The Labute approximate surface area is 179 Å². The highest BCUT2D eigenvalue weighted by atomic mass is 32.1. The molecule has 1 atom stereocenters. The molecule has 0 aromatic carbocycles. The van der Waals surface area contributed by atoms with Crippen molar-refractivity contribution in [1.82, 2.24) is 20.3 Å². The second kappa shape index (κ2) is 9.14. The number of nitrogens with one attached hydrogen (secondary N) is 2. The van der Waals surface area contributed by atoms with Crippen LogP contribution in [-0.4, -0.2) is 33.8 Å². The van der Waals surface area contributed by atoms with Crippen LogP contribution in [0.25, 0.3) is 10.2 Å². The maximum absolute atomic E-state index is 13.5. The number of nitrogens with zero attached hydrogens (tertiary/aromatic N) is 3. The van der Waals surface area contributed by atoms with E-state index in [0.717, 1.165) is 47.4 Å². The molecular weight excluding hydrogens is 401 g/mol. The monoisotopic (exact) mass is 427 g/mol. The number of ketones is 1. The molecule has 1 aliphatic heterocycles. The molecule has 4 heterocycles. The number of piperidine rings is 1. The summed E-state index contributed by atoms with van der Waals surface area (Å²) >= 11 is 1.55. The molecule has 30 heavy (non-hydrogen) atoms. The van der Waals surface area contributed by atoms with Crippen molar-refractivity contribution in [2.45, 2.75) is 45.6 Å². The van der Waals surface area contributed by atoms with E-state index in [2.05, 4.69) is 25.6 Å². The van der Waals surface area contributed by atoms with Crippen LogP contribution in [0.5, 0.6) is 0 Å². The van der Waals surface area contributed by atoms with Crippen LogP contribution in [0.15, 0.2) is 24.5 Å². The molecular formula is C22H26FN5OS. The second-order valence-electron chi connectivity index (χ2n) is 7.92. The summed E-state index contributed by atoms with van der Waals surface area (Å²) in [5.41, 5.74) is 1.95. The lowest BCUT2D eigenvalue weighted by atomic mass is 9.92. The number of halogens is 1. The van der Waals surface area contributed by atoms with E-state index in [1.54, 1.807) is 17.5 Å². The van der Waals surface area contributed by atoms with Gasteiger partial charge in [-0.3, -0.25) is 9.78 Å². The fourth-order valence-electron chi connectivity index (χ4n) is 3.87. The number of hydrogen-bond acceptors (Lipinski definition) is 7. The summed E-state index contributed by atoms with van der Waals surface area (Å²) in [6.45, 7) is 5.95. The minimum Gasteiger partial charge on any atom is -0.348 e. The van der Waals surface area contributed by atoms with E-state index in [9.17, 15) is 9.18 Å². The van der Waals surface area contributed by atoms with Gasteiger partial charge < -0.3 is 10.6 Å². The van der Waals surface area contributed by atoms with E-state index >= 15 is 0 Å². The van der Waals surface area contributed by atoms with Crippen molar-refractivity contribution in [2.75, 3.05) is 18.4 Å². The normalized spacial score (nSPS) is 16.0. The minimum atomic E-state index is -0.389. The summed E-state index contributed by atoms with van der Waals surface area (Å²) < 4.78 is 14.4. The van der Waals surface area contributed by atoms with Crippen LogP contribution in [0, 0.1) is 18.7 Å². The predicted octanol–water partition coefficient (Wildman–Crippen LogP) is 4.67. The number of rotatable bonds is 7. The van der Waals surface area contributed by atoms with Crippen molar-refractivity contribution in [3.8, 4) is 0 Å². The van der Waals surface area contributed by atoms with E-state index in [-0.39, 0.29) is 17.6 Å². The topological polar surface area (TPSA) is 79.8 Å². The van der Waals surface area contributed by atoms with Gasteiger partial charge in [-0.15, -0.1) is 11.3 Å². The smallest absolute Gasteiger partial charge is 0.224 e. The van der Waals surface area contributed by atoms with Gasteiger partial charge in [0.1, 0.15) is 11.5 Å². The lowest BCUT2D eigenvalue weighted by Crippen LogP contribution is -2.28. The van der Waals surface area contributed by atoms with Crippen LogP contribution in [0.3, 0.4) is 0 Å². The summed E-state index contributed by atoms with van der Waals surface area (Å²) in [6, 6.07) is 3.16. The van der Waals surface area contributed by atoms with Crippen molar-refractivity contribution >= 4 is 33.3 Å². The molecule has 158 valence electrons. The van der Waals surface area contributed by atoms with Crippen LogP contribution in [0.1, 0.15) is 59.6 Å². The number of hydrogen-bond donors (Lipinski definition) is 2. The van der Waals surface area contributed by atoms with E-state index in [4.69, 9.17) is 0 Å². The highest BCUT2D eigenvalue weighted by Crippen LogP contribution is 2.30. The van der Waals surface area contributed by atoms with Gasteiger partial charge in [-0.05, 0) is 69.8 Å². The Morgan fingerprint density at radius 2 is 2.10 bits per heavy atom. The fourth-order valence-corrected chi connectivity index (χ4v) is 4.83. The summed E-state index contributed by atoms with van der Waals surface area (Å²) in [4.78, 5) is 27.2. The van der Waals surface area contributed by atoms with Gasteiger partial charge in [-0.2, -0.15) is 0 Å². The van der Waals surface area contributed by atoms with E-state index in [0.29, 0.717) is 29.5 Å². The van der Waals surface area contributed by atoms with Gasteiger partial charge in [0.15, 0.2) is 5.78 Å². The van der Waals surface area contributed by atoms with Crippen LogP contribution >= 0.6 is 11.3 Å². The average molecular weight is 428 g/mol. The summed E-state index contributed by atoms with van der Waals surface area (Å²) in [5, 5.41) is 6.57. The first-order chi connectivity index (χ1) is 14.5. The van der Waals surface area contributed by atoms with Crippen LogP contribution in [0.2, 0.25) is 0 Å². The van der Waals surface area contributed by atoms with Gasteiger partial charge in [-0.1, -0.05) is 0 Å². The van der Waals surface area contributed by atoms with Crippen LogP contribution in [0.4, 0.5) is 10.3 Å². The molecule has 6 nitrogen and oxygen atoms in total. The molecule has 0 spiro atoms. The molecule has 1 fully saturated rings. The Kier molecular flexibility index (Phi) is 6.34. The van der Waals surface area contributed by atoms with Gasteiger partial charge in [0.05, 0.1) is 22.5 Å². The van der Waals surface area contributed by atoms with E-state index in [1.807, 2.05) is 19.9 Å². The van der Waals surface area contributed by atoms with E-state index < -0.39 is 0 Å². The predicted molar refractivity (Wildman–Crippen MR) is 118 cm³/mol. The van der Waals surface area contributed by atoms with Crippen molar-refractivity contribution in [3.63, 3.8) is 0 Å². The van der Waals surface area contributed by atoms with Crippen LogP contribution in [-0.2, 0) is 0 Å². The average Bonchev–Trinajstić information content (AvgIpc) is 3.12. The Morgan fingerprint density at radius 3 is 2.87 bits per heavy atom. The van der Waals surface area contributed by atoms with E-state index in [1.165, 1.54) is 12.3 Å². The number of carbonyl (C=O) groups excluding carboxylic acids is 1. The molecule has 1 saturated heterocycles. The van der Waals surface area contributed by atoms with Gasteiger partial charge >= 0.3 is 0 Å². The molecule has 3 aromatic heterocycles. The zero-order valence-electron chi connectivity index (χ0n) is 17.2. The molecule has 2 N–H and O–H groups in total. The van der Waals surface area contributed by atoms with Crippen LogP contribution < -0.4 is 10.6 Å². The van der Waals surface area contributed by atoms with Gasteiger partial charge in [0.2, 0.25) is 5.95 Å². The Morgan fingerprint density at radius 1 is 1.30 bits per heavy atom. The molecule has 4 rings (SSSR count). The number of aromatic nitrogens is 3. The Balaban J connectivity index is 1.56. The van der Waals surface area contributed by atoms with Gasteiger partial charge in [0, 0.05) is 17.5 Å². The minimum absolute atomic E-state index is 0.0610. The Hall–Kier alpha value is -2.45. The molecule has 0 aliphatic carbocycles. The highest BCUT2D eigenvalue weighted by Gasteiger charge is 2.21. The first-order valence-corrected chi connectivity index (χ1v) is 11.2. The molecule has 3 aromatic rings.